The van der Waals surface area contributed by atoms with Gasteiger partial charge in [0.2, 0.25) is 5.91 Å². The molecule has 20 heavy (non-hydrogen) atoms. The van der Waals surface area contributed by atoms with Crippen LogP contribution in [0.25, 0.3) is 0 Å². The average Bonchev–Trinajstić information content (AvgIpc) is 3.25. The number of nitrogens with zero attached hydrogens (tertiary/aromatic N) is 1. The molecule has 110 valence electrons. The number of carbonyl (C=O) groups is 1. The van der Waals surface area contributed by atoms with Gasteiger partial charge in [-0.25, -0.2) is 0 Å². The Morgan fingerprint density at radius 3 is 2.40 bits per heavy atom. The number of likely N-dealkylation sites (N-methyl/N-ethyl adjacent to an activating group) is 1. The summed E-state index contributed by atoms with van der Waals surface area (Å²) in [4.78, 5) is 14.8. The zero-order chi connectivity index (χ0) is 14.8. The Morgan fingerprint density at radius 2 is 1.90 bits per heavy atom. The predicted octanol–water partition coefficient (Wildman–Crippen LogP) is 2.58. The first-order chi connectivity index (χ1) is 9.61. The minimum Gasteiger partial charge on any atom is -0.393 e. The summed E-state index contributed by atoms with van der Waals surface area (Å²) in [6, 6.07) is 9.95. The molecular weight excluding hydrogens is 250 g/mol. The normalized spacial score (nSPS) is 26.1. The lowest BCUT2D eigenvalue weighted by Crippen LogP contribution is -2.41. The number of hydrogen-bond acceptors (Lipinski definition) is 2. The van der Waals surface area contributed by atoms with Crippen molar-refractivity contribution in [2.45, 2.75) is 45.1 Å². The Morgan fingerprint density at radius 1 is 1.30 bits per heavy atom. The van der Waals surface area contributed by atoms with Crippen LogP contribution in [0.2, 0.25) is 0 Å². The van der Waals surface area contributed by atoms with Crippen LogP contribution in [0.15, 0.2) is 30.3 Å². The Balaban J connectivity index is 2.35. The number of aliphatic hydroxyl groups is 1. The van der Waals surface area contributed by atoms with Gasteiger partial charge in [0, 0.05) is 19.0 Å². The lowest BCUT2D eigenvalue weighted by atomic mass is 9.89. The summed E-state index contributed by atoms with van der Waals surface area (Å²) < 4.78 is 0. The van der Waals surface area contributed by atoms with Crippen molar-refractivity contribution >= 4 is 5.91 Å². The molecule has 1 aliphatic carbocycles. The Labute approximate surface area is 121 Å². The summed E-state index contributed by atoms with van der Waals surface area (Å²) in [5.74, 6) is 0.231. The molecule has 1 aliphatic rings. The molecule has 1 aromatic rings. The smallest absolute Gasteiger partial charge is 0.233 e. The number of amides is 1. The first kappa shape index (κ1) is 15.0. The van der Waals surface area contributed by atoms with Gasteiger partial charge in [0.05, 0.1) is 11.5 Å². The second-order valence-corrected chi connectivity index (χ2v) is 5.60. The Kier molecular flexibility index (Phi) is 4.48. The summed E-state index contributed by atoms with van der Waals surface area (Å²) in [6.07, 6.45) is 1.07. The van der Waals surface area contributed by atoms with Gasteiger partial charge in [-0.3, -0.25) is 4.79 Å². The summed E-state index contributed by atoms with van der Waals surface area (Å²) in [6.45, 7) is 7.43. The van der Waals surface area contributed by atoms with Crippen LogP contribution in [-0.2, 0) is 10.2 Å². The summed E-state index contributed by atoms with van der Waals surface area (Å²) in [5.41, 5.74) is 0.553. The highest BCUT2D eigenvalue weighted by Gasteiger charge is 2.63. The number of benzene rings is 1. The summed E-state index contributed by atoms with van der Waals surface area (Å²) in [5, 5.41) is 10.2. The van der Waals surface area contributed by atoms with Gasteiger partial charge in [-0.2, -0.15) is 0 Å². The van der Waals surface area contributed by atoms with E-state index in [4.69, 9.17) is 0 Å². The maximum absolute atomic E-state index is 12.9. The molecule has 0 radical (unpaired) electrons. The van der Waals surface area contributed by atoms with E-state index in [2.05, 4.69) is 0 Å². The van der Waals surface area contributed by atoms with Gasteiger partial charge in [0.15, 0.2) is 0 Å². The third-order valence-corrected chi connectivity index (χ3v) is 4.62. The standard InChI is InChI=1S/C17H25NO2/c1-4-15(19)14-12-17(14,13-10-8-7-9-11-13)16(20)18(5-2)6-3/h7-11,14-15,19H,4-6,12H2,1-3H3/t14-,15?,17+/m0/s1. The second kappa shape index (κ2) is 5.96. The van der Waals surface area contributed by atoms with Gasteiger partial charge >= 0.3 is 0 Å². The fourth-order valence-electron chi connectivity index (χ4n) is 3.27. The molecule has 0 aliphatic heterocycles. The van der Waals surface area contributed by atoms with Gasteiger partial charge < -0.3 is 10.0 Å². The van der Waals surface area contributed by atoms with Gasteiger partial charge in [-0.1, -0.05) is 37.3 Å². The Bertz CT molecular complexity index is 455. The average molecular weight is 275 g/mol. The van der Waals surface area contributed by atoms with Crippen LogP contribution >= 0.6 is 0 Å². The van der Waals surface area contributed by atoms with Crippen LogP contribution in [0.1, 0.15) is 39.2 Å². The highest BCUT2D eigenvalue weighted by atomic mass is 16.3. The molecule has 1 N–H and O–H groups in total. The number of rotatable bonds is 6. The number of carbonyl (C=O) groups excluding carboxylic acids is 1. The molecular formula is C17H25NO2. The van der Waals surface area contributed by atoms with E-state index < -0.39 is 11.5 Å². The molecule has 0 heterocycles. The first-order valence-corrected chi connectivity index (χ1v) is 7.64. The molecule has 1 unspecified atom stereocenters. The molecule has 3 nitrogen and oxygen atoms in total. The zero-order valence-electron chi connectivity index (χ0n) is 12.7. The van der Waals surface area contributed by atoms with Crippen LogP contribution in [0.5, 0.6) is 0 Å². The van der Waals surface area contributed by atoms with E-state index in [9.17, 15) is 9.90 Å². The number of hydrogen-bond donors (Lipinski definition) is 1. The van der Waals surface area contributed by atoms with E-state index in [1.807, 2.05) is 56.0 Å². The zero-order valence-corrected chi connectivity index (χ0v) is 12.7. The minimum atomic E-state index is -0.497. The van der Waals surface area contributed by atoms with Gasteiger partial charge in [-0.15, -0.1) is 0 Å². The van der Waals surface area contributed by atoms with Crippen LogP contribution in [-0.4, -0.2) is 35.1 Å². The van der Waals surface area contributed by atoms with Crippen molar-refractivity contribution in [3.63, 3.8) is 0 Å². The van der Waals surface area contributed by atoms with Gasteiger partial charge in [-0.05, 0) is 32.3 Å². The van der Waals surface area contributed by atoms with E-state index in [0.717, 1.165) is 25.1 Å². The molecule has 2 rings (SSSR count). The highest BCUT2D eigenvalue weighted by molar-refractivity contribution is 5.92. The van der Waals surface area contributed by atoms with Crippen molar-refractivity contribution < 1.29 is 9.90 Å². The van der Waals surface area contributed by atoms with Crippen LogP contribution in [0.3, 0.4) is 0 Å². The van der Waals surface area contributed by atoms with Gasteiger partial charge in [0.25, 0.3) is 0 Å². The molecule has 1 aromatic carbocycles. The molecule has 1 saturated carbocycles. The molecule has 1 fully saturated rings. The van der Waals surface area contributed by atoms with E-state index in [0.29, 0.717) is 6.42 Å². The maximum Gasteiger partial charge on any atom is 0.233 e. The monoisotopic (exact) mass is 275 g/mol. The lowest BCUT2D eigenvalue weighted by molar-refractivity contribution is -0.134. The molecule has 1 amide bonds. The quantitative estimate of drug-likeness (QED) is 0.867. The molecule has 0 saturated heterocycles. The molecule has 3 heteroatoms. The molecule has 0 aromatic heterocycles. The second-order valence-electron chi connectivity index (χ2n) is 5.60. The van der Waals surface area contributed by atoms with Crippen LogP contribution in [0.4, 0.5) is 0 Å². The topological polar surface area (TPSA) is 40.5 Å². The largest absolute Gasteiger partial charge is 0.393 e. The van der Waals surface area contributed by atoms with Crippen molar-refractivity contribution in [3.8, 4) is 0 Å². The van der Waals surface area contributed by atoms with Crippen molar-refractivity contribution in [1.82, 2.24) is 4.90 Å². The van der Waals surface area contributed by atoms with Crippen LogP contribution in [0, 0.1) is 5.92 Å². The molecule has 3 atom stereocenters. The SMILES string of the molecule is CCC(O)[C@@H]1C[C@@]1(C(=O)N(CC)CC)c1ccccc1. The lowest BCUT2D eigenvalue weighted by Gasteiger charge is -2.27. The highest BCUT2D eigenvalue weighted by Crippen LogP contribution is 2.57. The van der Waals surface area contributed by atoms with Crippen molar-refractivity contribution in [1.29, 1.82) is 0 Å². The van der Waals surface area contributed by atoms with E-state index in [1.54, 1.807) is 0 Å². The fourth-order valence-corrected chi connectivity index (χ4v) is 3.27. The van der Waals surface area contributed by atoms with E-state index in [-0.39, 0.29) is 11.8 Å². The molecule has 0 bridgehead atoms. The maximum atomic E-state index is 12.9. The van der Waals surface area contributed by atoms with Gasteiger partial charge in [0.1, 0.15) is 0 Å². The van der Waals surface area contributed by atoms with E-state index >= 15 is 0 Å². The van der Waals surface area contributed by atoms with Crippen molar-refractivity contribution in [3.05, 3.63) is 35.9 Å². The fraction of sp³-hybridized carbons (Fsp3) is 0.588. The van der Waals surface area contributed by atoms with Crippen molar-refractivity contribution in [2.75, 3.05) is 13.1 Å². The first-order valence-electron chi connectivity index (χ1n) is 7.64. The Hall–Kier alpha value is -1.35. The molecule has 0 spiro atoms. The summed E-state index contributed by atoms with van der Waals surface area (Å²) >= 11 is 0. The third kappa shape index (κ3) is 2.35. The minimum absolute atomic E-state index is 0.0583. The van der Waals surface area contributed by atoms with Crippen LogP contribution < -0.4 is 0 Å². The predicted molar refractivity (Wildman–Crippen MR) is 80.5 cm³/mol. The van der Waals surface area contributed by atoms with E-state index in [1.165, 1.54) is 0 Å². The van der Waals surface area contributed by atoms with Crippen molar-refractivity contribution in [2.24, 2.45) is 5.92 Å². The third-order valence-electron chi connectivity index (χ3n) is 4.62. The number of aliphatic hydroxyl groups excluding tert-OH is 1. The summed E-state index contributed by atoms with van der Waals surface area (Å²) in [7, 11) is 0.